The molecule has 2 fully saturated rings. The average Bonchev–Trinajstić information content (AvgIpc) is 3.30. The Bertz CT molecular complexity index is 583. The van der Waals surface area contributed by atoms with Gasteiger partial charge in [-0.15, -0.1) is 0 Å². The van der Waals surface area contributed by atoms with Crippen molar-refractivity contribution in [3.05, 3.63) is 60.2 Å². The van der Waals surface area contributed by atoms with Gasteiger partial charge in [0.15, 0.2) is 0 Å². The van der Waals surface area contributed by atoms with E-state index in [0.717, 1.165) is 31.4 Å². The van der Waals surface area contributed by atoms with E-state index >= 15 is 0 Å². The second kappa shape index (κ2) is 5.44. The molecule has 0 aromatic heterocycles. The Morgan fingerprint density at radius 1 is 0.905 bits per heavy atom. The molecule has 0 atom stereocenters. The van der Waals surface area contributed by atoms with Crippen LogP contribution in [-0.4, -0.2) is 19.7 Å². The lowest BCUT2D eigenvalue weighted by Gasteiger charge is -2.41. The molecule has 1 aliphatic heterocycles. The van der Waals surface area contributed by atoms with Crippen LogP contribution in [-0.2, 0) is 0 Å². The first-order valence-electron chi connectivity index (χ1n) is 7.91. The van der Waals surface area contributed by atoms with Gasteiger partial charge in [-0.2, -0.15) is 0 Å². The maximum Gasteiger partial charge on any atom is 0.119 e. The first-order chi connectivity index (χ1) is 10.4. The number of hydrogen-bond donors (Lipinski definition) is 0. The fourth-order valence-electron chi connectivity index (χ4n) is 2.88. The lowest BCUT2D eigenvalue weighted by molar-refractivity contribution is 0.300. The zero-order chi connectivity index (χ0) is 14.1. The molecule has 2 aromatic carbocycles. The monoisotopic (exact) mass is 279 g/mol. The van der Waals surface area contributed by atoms with E-state index in [2.05, 4.69) is 59.5 Å². The number of benzene rings is 2. The third-order valence-corrected chi connectivity index (χ3v) is 4.54. The Balaban J connectivity index is 1.33. The highest BCUT2D eigenvalue weighted by Gasteiger charge is 2.28. The highest BCUT2D eigenvalue weighted by molar-refractivity contribution is 5.52. The van der Waals surface area contributed by atoms with Crippen molar-refractivity contribution in [2.45, 2.75) is 18.8 Å². The predicted molar refractivity (Wildman–Crippen MR) is 86.1 cm³/mol. The third kappa shape index (κ3) is 2.90. The first kappa shape index (κ1) is 12.8. The van der Waals surface area contributed by atoms with Crippen LogP contribution in [0.4, 0.5) is 5.69 Å². The second-order valence-corrected chi connectivity index (χ2v) is 6.26. The molecule has 2 aliphatic rings. The summed E-state index contributed by atoms with van der Waals surface area (Å²) in [5.41, 5.74) is 2.76. The highest BCUT2D eigenvalue weighted by Crippen LogP contribution is 2.33. The van der Waals surface area contributed by atoms with Gasteiger partial charge in [-0.1, -0.05) is 30.3 Å². The average molecular weight is 279 g/mol. The van der Waals surface area contributed by atoms with Gasteiger partial charge in [0, 0.05) is 24.7 Å². The zero-order valence-corrected chi connectivity index (χ0v) is 12.2. The van der Waals surface area contributed by atoms with E-state index in [-0.39, 0.29) is 0 Å². The van der Waals surface area contributed by atoms with Gasteiger partial charge in [-0.05, 0) is 48.6 Å². The van der Waals surface area contributed by atoms with E-state index in [1.54, 1.807) is 0 Å². The van der Waals surface area contributed by atoms with Crippen molar-refractivity contribution in [3.63, 3.8) is 0 Å². The zero-order valence-electron chi connectivity index (χ0n) is 12.2. The standard InChI is InChI=1S/C19H21NO/c1-2-4-16(5-3-1)17-12-20(13-17)18-8-10-19(11-9-18)21-14-15-6-7-15/h1-5,8-11,15,17H,6-7,12-14H2. The molecule has 0 unspecified atom stereocenters. The van der Waals surface area contributed by atoms with Gasteiger partial charge in [0.1, 0.15) is 5.75 Å². The van der Waals surface area contributed by atoms with Crippen molar-refractivity contribution in [2.75, 3.05) is 24.6 Å². The minimum atomic E-state index is 0.678. The molecule has 0 spiro atoms. The number of anilines is 1. The van der Waals surface area contributed by atoms with E-state index in [1.165, 1.54) is 24.1 Å². The van der Waals surface area contributed by atoms with Gasteiger partial charge in [0.25, 0.3) is 0 Å². The van der Waals surface area contributed by atoms with E-state index in [9.17, 15) is 0 Å². The van der Waals surface area contributed by atoms with Crippen LogP contribution in [0.1, 0.15) is 24.3 Å². The van der Waals surface area contributed by atoms with Gasteiger partial charge in [0.05, 0.1) is 6.61 Å². The van der Waals surface area contributed by atoms with E-state index in [1.807, 2.05) is 0 Å². The van der Waals surface area contributed by atoms with Crippen LogP contribution in [0.3, 0.4) is 0 Å². The number of ether oxygens (including phenoxy) is 1. The van der Waals surface area contributed by atoms with Crippen LogP contribution >= 0.6 is 0 Å². The molecule has 0 bridgehead atoms. The number of nitrogens with zero attached hydrogens (tertiary/aromatic N) is 1. The molecule has 0 N–H and O–H groups in total. The molecule has 4 rings (SSSR count). The third-order valence-electron chi connectivity index (χ3n) is 4.54. The molecule has 2 aromatic rings. The maximum atomic E-state index is 5.79. The Morgan fingerprint density at radius 2 is 1.62 bits per heavy atom. The van der Waals surface area contributed by atoms with E-state index in [4.69, 9.17) is 4.74 Å². The van der Waals surface area contributed by atoms with Gasteiger partial charge < -0.3 is 9.64 Å². The quantitative estimate of drug-likeness (QED) is 0.817. The van der Waals surface area contributed by atoms with Gasteiger partial charge in [-0.3, -0.25) is 0 Å². The molecule has 1 saturated heterocycles. The van der Waals surface area contributed by atoms with Gasteiger partial charge >= 0.3 is 0 Å². The van der Waals surface area contributed by atoms with Crippen molar-refractivity contribution in [3.8, 4) is 5.75 Å². The summed E-state index contributed by atoms with van der Waals surface area (Å²) in [4.78, 5) is 2.43. The number of rotatable bonds is 5. The summed E-state index contributed by atoms with van der Waals surface area (Å²) in [6, 6.07) is 19.4. The highest BCUT2D eigenvalue weighted by atomic mass is 16.5. The summed E-state index contributed by atoms with van der Waals surface area (Å²) >= 11 is 0. The first-order valence-corrected chi connectivity index (χ1v) is 7.91. The Kier molecular flexibility index (Phi) is 3.30. The summed E-state index contributed by atoms with van der Waals surface area (Å²) in [6.07, 6.45) is 2.68. The van der Waals surface area contributed by atoms with Crippen molar-refractivity contribution in [2.24, 2.45) is 5.92 Å². The number of hydrogen-bond acceptors (Lipinski definition) is 2. The van der Waals surface area contributed by atoms with Crippen molar-refractivity contribution >= 4 is 5.69 Å². The molecule has 1 heterocycles. The van der Waals surface area contributed by atoms with E-state index in [0.29, 0.717) is 5.92 Å². The molecule has 21 heavy (non-hydrogen) atoms. The fourth-order valence-corrected chi connectivity index (χ4v) is 2.88. The topological polar surface area (TPSA) is 12.5 Å². The molecule has 0 amide bonds. The van der Waals surface area contributed by atoms with Crippen LogP contribution in [0.2, 0.25) is 0 Å². The summed E-state index contributed by atoms with van der Waals surface area (Å²) < 4.78 is 5.79. The van der Waals surface area contributed by atoms with E-state index < -0.39 is 0 Å². The molecule has 1 saturated carbocycles. The molecular weight excluding hydrogens is 258 g/mol. The van der Waals surface area contributed by atoms with Crippen molar-refractivity contribution in [1.29, 1.82) is 0 Å². The lowest BCUT2D eigenvalue weighted by Crippen LogP contribution is -2.44. The lowest BCUT2D eigenvalue weighted by atomic mass is 9.91. The summed E-state index contributed by atoms with van der Waals surface area (Å²) in [6.45, 7) is 3.12. The SMILES string of the molecule is c1ccc(C2CN(c3ccc(OCC4CC4)cc3)C2)cc1. The largest absolute Gasteiger partial charge is 0.493 e. The summed E-state index contributed by atoms with van der Waals surface area (Å²) in [7, 11) is 0. The smallest absolute Gasteiger partial charge is 0.119 e. The minimum absolute atomic E-state index is 0.678. The predicted octanol–water partition coefficient (Wildman–Crippen LogP) is 4.08. The maximum absolute atomic E-state index is 5.79. The molecule has 2 nitrogen and oxygen atoms in total. The molecular formula is C19H21NO. The molecule has 2 heteroatoms. The summed E-state index contributed by atoms with van der Waals surface area (Å²) in [5, 5.41) is 0. The Labute approximate surface area is 126 Å². The van der Waals surface area contributed by atoms with Crippen LogP contribution in [0.25, 0.3) is 0 Å². The Morgan fingerprint density at radius 3 is 2.29 bits per heavy atom. The molecule has 1 aliphatic carbocycles. The van der Waals surface area contributed by atoms with Crippen molar-refractivity contribution < 1.29 is 4.74 Å². The van der Waals surface area contributed by atoms with Crippen molar-refractivity contribution in [1.82, 2.24) is 0 Å². The molecule has 108 valence electrons. The van der Waals surface area contributed by atoms with Crippen LogP contribution in [0, 0.1) is 5.92 Å². The summed E-state index contributed by atoms with van der Waals surface area (Å²) in [5.74, 6) is 2.49. The normalized spacial score (nSPS) is 18.4. The fraction of sp³-hybridized carbons (Fsp3) is 0.368. The van der Waals surface area contributed by atoms with Crippen LogP contribution < -0.4 is 9.64 Å². The van der Waals surface area contributed by atoms with Gasteiger partial charge in [0.2, 0.25) is 0 Å². The second-order valence-electron chi connectivity index (χ2n) is 6.26. The molecule has 0 radical (unpaired) electrons. The van der Waals surface area contributed by atoms with Crippen LogP contribution in [0.5, 0.6) is 5.75 Å². The minimum Gasteiger partial charge on any atom is -0.493 e. The van der Waals surface area contributed by atoms with Gasteiger partial charge in [-0.25, -0.2) is 0 Å². The Hall–Kier alpha value is -1.96. The van der Waals surface area contributed by atoms with Crippen LogP contribution in [0.15, 0.2) is 54.6 Å².